The van der Waals surface area contributed by atoms with Gasteiger partial charge in [0.15, 0.2) is 5.79 Å². The molecular formula is C19H27FN2O5S. The summed E-state index contributed by atoms with van der Waals surface area (Å²) >= 11 is 0. The Hall–Kier alpha value is -1.10. The normalized spacial score (nSPS) is 29.0. The van der Waals surface area contributed by atoms with Crippen LogP contribution < -0.4 is 0 Å². The second-order valence-corrected chi connectivity index (χ2v) is 9.45. The van der Waals surface area contributed by atoms with E-state index in [1.165, 1.54) is 22.5 Å². The van der Waals surface area contributed by atoms with Gasteiger partial charge in [0.2, 0.25) is 10.0 Å². The van der Waals surface area contributed by atoms with Crippen molar-refractivity contribution in [2.24, 2.45) is 0 Å². The molecule has 1 atom stereocenters. The molecular weight excluding hydrogens is 387 g/mol. The number of hydrogen-bond acceptors (Lipinski definition) is 6. The molecule has 1 unspecified atom stereocenters. The highest BCUT2D eigenvalue weighted by Crippen LogP contribution is 2.30. The number of hydrogen-bond donors (Lipinski definition) is 0. The predicted molar refractivity (Wildman–Crippen MR) is 99.8 cm³/mol. The molecule has 0 aromatic heterocycles. The first-order chi connectivity index (χ1) is 13.5. The van der Waals surface area contributed by atoms with E-state index >= 15 is 0 Å². The van der Waals surface area contributed by atoms with Crippen LogP contribution in [0.25, 0.3) is 0 Å². The monoisotopic (exact) mass is 414 g/mol. The average Bonchev–Trinajstić information content (AvgIpc) is 2.91. The first-order valence-corrected chi connectivity index (χ1v) is 11.3. The Labute approximate surface area is 165 Å². The number of sulfonamides is 1. The Bertz CT molecular complexity index is 786. The Balaban J connectivity index is 1.55. The molecule has 3 saturated heterocycles. The molecule has 0 radical (unpaired) electrons. The topological polar surface area (TPSA) is 68.3 Å². The van der Waals surface area contributed by atoms with Crippen molar-refractivity contribution in [3.63, 3.8) is 0 Å². The second-order valence-electron chi connectivity index (χ2n) is 7.54. The predicted octanol–water partition coefficient (Wildman–Crippen LogP) is 1.44. The van der Waals surface area contributed by atoms with Crippen LogP contribution in [0.1, 0.15) is 19.3 Å². The lowest BCUT2D eigenvalue weighted by molar-refractivity contribution is -0.259. The fraction of sp³-hybridized carbons (Fsp3) is 0.684. The molecule has 0 amide bonds. The molecule has 1 spiro atoms. The van der Waals surface area contributed by atoms with Gasteiger partial charge in [-0.2, -0.15) is 4.31 Å². The highest BCUT2D eigenvalue weighted by atomic mass is 32.2. The molecule has 0 aliphatic carbocycles. The lowest BCUT2D eigenvalue weighted by atomic mass is 10.1. The van der Waals surface area contributed by atoms with Crippen molar-refractivity contribution < 1.29 is 27.0 Å². The van der Waals surface area contributed by atoms with E-state index in [1.807, 2.05) is 0 Å². The van der Waals surface area contributed by atoms with Crippen molar-refractivity contribution in [1.29, 1.82) is 0 Å². The maximum absolute atomic E-state index is 14.2. The zero-order chi connectivity index (χ0) is 19.6. The number of benzene rings is 1. The van der Waals surface area contributed by atoms with Crippen LogP contribution >= 0.6 is 0 Å². The van der Waals surface area contributed by atoms with Gasteiger partial charge in [-0.15, -0.1) is 0 Å². The first-order valence-electron chi connectivity index (χ1n) is 9.85. The zero-order valence-corrected chi connectivity index (χ0v) is 16.7. The summed E-state index contributed by atoms with van der Waals surface area (Å²) in [6.45, 7) is 3.83. The second kappa shape index (κ2) is 8.33. The van der Waals surface area contributed by atoms with Gasteiger partial charge in [-0.3, -0.25) is 4.90 Å². The SMILES string of the molecule is O=S(=O)(c1ccccc1F)N1CCOC2(CN(C3CCOCC3)CCCO2)C1. The van der Waals surface area contributed by atoms with Crippen molar-refractivity contribution in [2.45, 2.75) is 36.0 Å². The van der Waals surface area contributed by atoms with Crippen LogP contribution in [0.4, 0.5) is 4.39 Å². The van der Waals surface area contributed by atoms with E-state index < -0.39 is 21.6 Å². The maximum Gasteiger partial charge on any atom is 0.246 e. The van der Waals surface area contributed by atoms with Gasteiger partial charge in [-0.25, -0.2) is 12.8 Å². The summed E-state index contributed by atoms with van der Waals surface area (Å²) in [5.41, 5.74) is 0. The van der Waals surface area contributed by atoms with Crippen molar-refractivity contribution >= 4 is 10.0 Å². The largest absolute Gasteiger partial charge is 0.381 e. The van der Waals surface area contributed by atoms with Gasteiger partial charge in [0.05, 0.1) is 26.3 Å². The van der Waals surface area contributed by atoms with Gasteiger partial charge in [-0.05, 0) is 31.4 Å². The van der Waals surface area contributed by atoms with E-state index in [0.717, 1.165) is 45.1 Å². The van der Waals surface area contributed by atoms with E-state index in [9.17, 15) is 12.8 Å². The molecule has 156 valence electrons. The van der Waals surface area contributed by atoms with Crippen LogP contribution in [0, 0.1) is 5.82 Å². The van der Waals surface area contributed by atoms with E-state index in [0.29, 0.717) is 19.2 Å². The Morgan fingerprint density at radius 3 is 2.54 bits per heavy atom. The minimum Gasteiger partial charge on any atom is -0.381 e. The summed E-state index contributed by atoms with van der Waals surface area (Å²) in [7, 11) is -3.96. The number of rotatable bonds is 3. The molecule has 0 bridgehead atoms. The lowest BCUT2D eigenvalue weighted by Gasteiger charge is -2.44. The van der Waals surface area contributed by atoms with Crippen molar-refractivity contribution in [2.75, 3.05) is 52.6 Å². The molecule has 28 heavy (non-hydrogen) atoms. The maximum atomic E-state index is 14.2. The first kappa shape index (κ1) is 20.2. The molecule has 3 aliphatic heterocycles. The summed E-state index contributed by atoms with van der Waals surface area (Å²) in [5, 5.41) is 0. The van der Waals surface area contributed by atoms with Crippen LogP contribution in [0.5, 0.6) is 0 Å². The standard InChI is InChI=1S/C19H27FN2O5S/c20-17-4-1-2-5-18(17)28(23,24)22-9-13-27-19(15-22)14-21(8-3-10-26-19)16-6-11-25-12-7-16/h1-2,4-5,16H,3,6-15H2. The van der Waals surface area contributed by atoms with Crippen LogP contribution in [0.2, 0.25) is 0 Å². The molecule has 1 aromatic rings. The fourth-order valence-electron chi connectivity index (χ4n) is 4.23. The van der Waals surface area contributed by atoms with E-state index in [1.54, 1.807) is 0 Å². The van der Waals surface area contributed by atoms with Crippen LogP contribution in [0.3, 0.4) is 0 Å². The average molecular weight is 414 g/mol. The molecule has 1 aromatic carbocycles. The van der Waals surface area contributed by atoms with Crippen LogP contribution in [-0.4, -0.2) is 82.1 Å². The van der Waals surface area contributed by atoms with Crippen molar-refractivity contribution in [3.05, 3.63) is 30.1 Å². The quantitative estimate of drug-likeness (QED) is 0.746. The Kier molecular flexibility index (Phi) is 6.01. The smallest absolute Gasteiger partial charge is 0.246 e. The zero-order valence-electron chi connectivity index (χ0n) is 15.9. The van der Waals surface area contributed by atoms with Gasteiger partial charge in [0.1, 0.15) is 10.7 Å². The van der Waals surface area contributed by atoms with Crippen LogP contribution in [0.15, 0.2) is 29.2 Å². The summed E-state index contributed by atoms with van der Waals surface area (Å²) in [6, 6.07) is 5.86. The molecule has 0 N–H and O–H groups in total. The molecule has 9 heteroatoms. The van der Waals surface area contributed by atoms with Gasteiger partial charge in [0.25, 0.3) is 0 Å². The molecule has 3 fully saturated rings. The number of ether oxygens (including phenoxy) is 3. The minimum atomic E-state index is -3.96. The molecule has 3 aliphatic rings. The third kappa shape index (κ3) is 4.10. The van der Waals surface area contributed by atoms with Gasteiger partial charge in [0, 0.05) is 32.3 Å². The van der Waals surface area contributed by atoms with Gasteiger partial charge >= 0.3 is 0 Å². The number of nitrogens with zero attached hydrogens (tertiary/aromatic N) is 2. The Morgan fingerprint density at radius 2 is 1.75 bits per heavy atom. The molecule has 3 heterocycles. The molecule has 7 nitrogen and oxygen atoms in total. The van der Waals surface area contributed by atoms with E-state index in [-0.39, 0.29) is 24.6 Å². The van der Waals surface area contributed by atoms with Crippen LogP contribution in [-0.2, 0) is 24.2 Å². The minimum absolute atomic E-state index is 0.0589. The lowest BCUT2D eigenvalue weighted by Crippen LogP contribution is -2.60. The highest BCUT2D eigenvalue weighted by molar-refractivity contribution is 7.89. The molecule has 0 saturated carbocycles. The fourth-order valence-corrected chi connectivity index (χ4v) is 5.75. The molecule has 4 rings (SSSR count). The third-order valence-corrected chi connectivity index (χ3v) is 7.56. The van der Waals surface area contributed by atoms with E-state index in [2.05, 4.69) is 4.90 Å². The summed E-state index contributed by atoms with van der Waals surface area (Å²) in [4.78, 5) is 2.04. The van der Waals surface area contributed by atoms with Crippen molar-refractivity contribution in [1.82, 2.24) is 9.21 Å². The number of halogens is 1. The number of morpholine rings is 1. The summed E-state index contributed by atoms with van der Waals surface area (Å²) in [5.74, 6) is -1.76. The third-order valence-electron chi connectivity index (χ3n) is 5.68. The highest BCUT2D eigenvalue weighted by Gasteiger charge is 2.45. The van der Waals surface area contributed by atoms with Gasteiger partial charge in [-0.1, -0.05) is 12.1 Å². The summed E-state index contributed by atoms with van der Waals surface area (Å²) < 4.78 is 59.1. The van der Waals surface area contributed by atoms with E-state index in [4.69, 9.17) is 14.2 Å². The van der Waals surface area contributed by atoms with Crippen molar-refractivity contribution in [3.8, 4) is 0 Å². The van der Waals surface area contributed by atoms with Gasteiger partial charge < -0.3 is 14.2 Å². The Morgan fingerprint density at radius 1 is 1.00 bits per heavy atom. The summed E-state index contributed by atoms with van der Waals surface area (Å²) in [6.07, 6.45) is 2.77.